The largest absolute Gasteiger partial charge is 0.256 e. The molecule has 0 radical (unpaired) electrons. The molecule has 41 heavy (non-hydrogen) atoms. The Hall–Kier alpha value is -5.01. The minimum atomic E-state index is -0.106. The zero-order valence-corrected chi connectivity index (χ0v) is 23.2. The monoisotopic (exact) mass is 523 g/mol. The van der Waals surface area contributed by atoms with E-state index in [1.165, 1.54) is 66.4 Å². The Kier molecular flexibility index (Phi) is 5.24. The van der Waals surface area contributed by atoms with E-state index in [4.69, 9.17) is 4.98 Å². The smallest absolute Gasteiger partial charge is 0.0786 e. The van der Waals surface area contributed by atoms with Gasteiger partial charge in [-0.1, -0.05) is 129 Å². The molecule has 0 amide bonds. The van der Waals surface area contributed by atoms with Gasteiger partial charge in [-0.3, -0.25) is 4.98 Å². The number of fused-ring (bicyclic) bond motifs is 6. The first-order valence-electron chi connectivity index (χ1n) is 14.3. The van der Waals surface area contributed by atoms with E-state index >= 15 is 0 Å². The molecule has 0 bridgehead atoms. The van der Waals surface area contributed by atoms with Crippen molar-refractivity contribution >= 4 is 21.7 Å². The van der Waals surface area contributed by atoms with Gasteiger partial charge in [-0.15, -0.1) is 0 Å². The number of pyridine rings is 1. The molecule has 1 heteroatoms. The van der Waals surface area contributed by atoms with Crippen LogP contribution in [0.2, 0.25) is 0 Å². The van der Waals surface area contributed by atoms with Gasteiger partial charge in [0.2, 0.25) is 0 Å². The van der Waals surface area contributed by atoms with Gasteiger partial charge in [-0.05, 0) is 79.2 Å². The Labute approximate surface area is 240 Å². The summed E-state index contributed by atoms with van der Waals surface area (Å²) < 4.78 is 0. The zero-order valence-electron chi connectivity index (χ0n) is 23.2. The van der Waals surface area contributed by atoms with Gasteiger partial charge in [0.05, 0.1) is 5.52 Å². The van der Waals surface area contributed by atoms with E-state index in [2.05, 4.69) is 141 Å². The van der Waals surface area contributed by atoms with Gasteiger partial charge in [0, 0.05) is 22.4 Å². The van der Waals surface area contributed by atoms with Crippen LogP contribution >= 0.6 is 0 Å². The summed E-state index contributed by atoms with van der Waals surface area (Å²) in [5.41, 5.74) is 13.8. The molecule has 0 saturated heterocycles. The van der Waals surface area contributed by atoms with E-state index < -0.39 is 0 Å². The lowest BCUT2D eigenvalue weighted by atomic mass is 9.78. The Bertz CT molecular complexity index is 2100. The molecule has 6 aromatic carbocycles. The summed E-state index contributed by atoms with van der Waals surface area (Å²) in [6.45, 7) is 4.74. The second-order valence-corrected chi connectivity index (χ2v) is 11.6. The van der Waals surface area contributed by atoms with Gasteiger partial charge in [-0.25, -0.2) is 0 Å². The fourth-order valence-corrected chi connectivity index (χ4v) is 6.94. The van der Waals surface area contributed by atoms with Crippen LogP contribution in [0.3, 0.4) is 0 Å². The van der Waals surface area contributed by atoms with Crippen molar-refractivity contribution in [2.24, 2.45) is 0 Å². The van der Waals surface area contributed by atoms with Crippen LogP contribution in [-0.4, -0.2) is 4.98 Å². The van der Waals surface area contributed by atoms with Crippen LogP contribution in [0.4, 0.5) is 0 Å². The molecular formula is C40H29N. The Balaban J connectivity index is 1.42. The second kappa shape index (κ2) is 9.01. The minimum Gasteiger partial charge on any atom is -0.256 e. The lowest BCUT2D eigenvalue weighted by molar-refractivity contribution is 0.662. The van der Waals surface area contributed by atoms with E-state index in [-0.39, 0.29) is 5.41 Å². The summed E-state index contributed by atoms with van der Waals surface area (Å²) in [6, 6.07) is 48.7. The predicted molar refractivity (Wildman–Crippen MR) is 173 cm³/mol. The molecule has 1 aliphatic rings. The highest BCUT2D eigenvalue weighted by Gasteiger charge is 2.38. The summed E-state index contributed by atoms with van der Waals surface area (Å²) in [5.74, 6) is 0. The molecule has 0 unspecified atom stereocenters. The van der Waals surface area contributed by atoms with Crippen molar-refractivity contribution in [3.8, 4) is 44.5 Å². The quantitative estimate of drug-likeness (QED) is 0.210. The molecule has 7 aromatic rings. The minimum absolute atomic E-state index is 0.106. The maximum absolute atomic E-state index is 4.85. The number of aromatic nitrogens is 1. The van der Waals surface area contributed by atoms with Crippen molar-refractivity contribution in [2.75, 3.05) is 0 Å². The number of rotatable bonds is 3. The zero-order chi connectivity index (χ0) is 27.6. The van der Waals surface area contributed by atoms with Crippen molar-refractivity contribution in [2.45, 2.75) is 19.3 Å². The number of nitrogens with zero attached hydrogens (tertiary/aromatic N) is 1. The lowest BCUT2D eigenvalue weighted by Crippen LogP contribution is -2.16. The van der Waals surface area contributed by atoms with E-state index in [1.54, 1.807) is 0 Å². The first-order chi connectivity index (χ1) is 20.1. The van der Waals surface area contributed by atoms with E-state index in [0.29, 0.717) is 0 Å². The molecule has 1 nitrogen and oxygen atoms in total. The maximum Gasteiger partial charge on any atom is 0.0786 e. The first kappa shape index (κ1) is 23.8. The van der Waals surface area contributed by atoms with Gasteiger partial charge in [0.15, 0.2) is 0 Å². The third-order valence-corrected chi connectivity index (χ3v) is 8.88. The lowest BCUT2D eigenvalue weighted by Gasteiger charge is -2.25. The maximum atomic E-state index is 4.85. The van der Waals surface area contributed by atoms with Crippen molar-refractivity contribution in [1.29, 1.82) is 0 Å². The molecule has 1 aliphatic carbocycles. The Morgan fingerprint density at radius 2 is 1.12 bits per heavy atom. The standard InChI is InChI=1S/C40H29N/c1-40(2)36-16-7-6-14-33(36)35-25-31(32-15-8-12-29-21-22-30-13-9-23-41-39(30)37(29)32)24-34(38(35)40)28-19-17-27(18-20-28)26-10-4-3-5-11-26/h3-25H,1-2H3. The van der Waals surface area contributed by atoms with Crippen LogP contribution in [0.15, 0.2) is 140 Å². The summed E-state index contributed by atoms with van der Waals surface area (Å²) >= 11 is 0. The molecule has 8 rings (SSSR count). The highest BCUT2D eigenvalue weighted by Crippen LogP contribution is 2.54. The molecule has 0 saturated carbocycles. The van der Waals surface area contributed by atoms with Gasteiger partial charge in [0.25, 0.3) is 0 Å². The Morgan fingerprint density at radius 3 is 1.98 bits per heavy atom. The van der Waals surface area contributed by atoms with Crippen LogP contribution in [-0.2, 0) is 5.41 Å². The molecule has 0 fully saturated rings. The number of hydrogen-bond acceptors (Lipinski definition) is 1. The van der Waals surface area contributed by atoms with Crippen LogP contribution in [0.1, 0.15) is 25.0 Å². The fourth-order valence-electron chi connectivity index (χ4n) is 6.94. The molecule has 0 N–H and O–H groups in total. The molecule has 194 valence electrons. The van der Waals surface area contributed by atoms with E-state index in [9.17, 15) is 0 Å². The first-order valence-corrected chi connectivity index (χ1v) is 14.3. The van der Waals surface area contributed by atoms with E-state index in [1.807, 2.05) is 12.3 Å². The highest BCUT2D eigenvalue weighted by atomic mass is 14.6. The van der Waals surface area contributed by atoms with Gasteiger partial charge >= 0.3 is 0 Å². The summed E-state index contributed by atoms with van der Waals surface area (Å²) in [4.78, 5) is 4.85. The summed E-state index contributed by atoms with van der Waals surface area (Å²) in [5, 5.41) is 3.59. The van der Waals surface area contributed by atoms with Crippen LogP contribution in [0, 0.1) is 0 Å². The third-order valence-electron chi connectivity index (χ3n) is 8.88. The summed E-state index contributed by atoms with van der Waals surface area (Å²) in [7, 11) is 0. The van der Waals surface area contributed by atoms with Crippen molar-refractivity contribution in [1.82, 2.24) is 4.98 Å². The third kappa shape index (κ3) is 3.66. The topological polar surface area (TPSA) is 12.9 Å². The second-order valence-electron chi connectivity index (χ2n) is 11.6. The normalized spacial score (nSPS) is 13.3. The summed E-state index contributed by atoms with van der Waals surface area (Å²) in [6.07, 6.45) is 1.90. The highest BCUT2D eigenvalue weighted by molar-refractivity contribution is 6.13. The molecule has 1 aromatic heterocycles. The van der Waals surface area contributed by atoms with E-state index in [0.717, 1.165) is 10.9 Å². The average molecular weight is 524 g/mol. The van der Waals surface area contributed by atoms with Crippen molar-refractivity contribution in [3.63, 3.8) is 0 Å². The van der Waals surface area contributed by atoms with Gasteiger partial charge < -0.3 is 0 Å². The number of hydrogen-bond donors (Lipinski definition) is 0. The average Bonchev–Trinajstić information content (AvgIpc) is 3.27. The molecular weight excluding hydrogens is 494 g/mol. The van der Waals surface area contributed by atoms with Crippen molar-refractivity contribution in [3.05, 3.63) is 151 Å². The molecule has 0 atom stereocenters. The van der Waals surface area contributed by atoms with Crippen LogP contribution < -0.4 is 0 Å². The molecule has 0 spiro atoms. The van der Waals surface area contributed by atoms with Crippen LogP contribution in [0.5, 0.6) is 0 Å². The number of benzene rings is 6. The van der Waals surface area contributed by atoms with Crippen molar-refractivity contribution < 1.29 is 0 Å². The predicted octanol–water partition coefficient (Wildman–Crippen LogP) is 10.7. The van der Waals surface area contributed by atoms with Crippen LogP contribution in [0.25, 0.3) is 66.2 Å². The van der Waals surface area contributed by atoms with Gasteiger partial charge in [-0.2, -0.15) is 0 Å². The molecule has 1 heterocycles. The van der Waals surface area contributed by atoms with Gasteiger partial charge in [0.1, 0.15) is 0 Å². The Morgan fingerprint density at radius 1 is 0.463 bits per heavy atom. The SMILES string of the molecule is CC1(C)c2ccccc2-c2cc(-c3cccc4ccc5cccnc5c34)cc(-c3ccc(-c4ccccc4)cc3)c21. The fraction of sp³-hybridized carbons (Fsp3) is 0.0750. The molecule has 0 aliphatic heterocycles.